The first-order chi connectivity index (χ1) is 21.4. The van der Waals surface area contributed by atoms with Crippen molar-refractivity contribution in [2.24, 2.45) is 0 Å². The summed E-state index contributed by atoms with van der Waals surface area (Å²) in [5.41, 5.74) is 3.34. The predicted octanol–water partition coefficient (Wildman–Crippen LogP) is 2.14. The molecule has 14 nitrogen and oxygen atoms in total. The summed E-state index contributed by atoms with van der Waals surface area (Å²) in [6, 6.07) is 8.23. The van der Waals surface area contributed by atoms with Gasteiger partial charge in [-0.2, -0.15) is 0 Å². The maximum Gasteiger partial charge on any atom is 0.326 e. The first-order valence-electron chi connectivity index (χ1n) is 14.7. The summed E-state index contributed by atoms with van der Waals surface area (Å²) in [6.45, 7) is 1.48. The summed E-state index contributed by atoms with van der Waals surface area (Å²) in [5.74, 6) is -3.95. The maximum absolute atomic E-state index is 12.1. The zero-order valence-corrected chi connectivity index (χ0v) is 25.6. The van der Waals surface area contributed by atoms with Gasteiger partial charge < -0.3 is 41.5 Å². The highest BCUT2D eigenvalue weighted by Gasteiger charge is 2.24. The van der Waals surface area contributed by atoms with E-state index < -0.39 is 42.4 Å². The largest absolute Gasteiger partial charge is 0.481 e. The van der Waals surface area contributed by atoms with E-state index >= 15 is 0 Å². The predicted molar refractivity (Wildman–Crippen MR) is 168 cm³/mol. The second-order valence-electron chi connectivity index (χ2n) is 10.6. The van der Waals surface area contributed by atoms with Crippen LogP contribution in [-0.4, -0.2) is 84.6 Å². The molecule has 0 radical (unpaired) electrons. The number of aliphatic carboxylic acids is 3. The minimum atomic E-state index is -1.47. The third-order valence-electron chi connectivity index (χ3n) is 6.73. The Hall–Kier alpha value is -5.14. The van der Waals surface area contributed by atoms with Crippen molar-refractivity contribution < 1.29 is 43.9 Å². The van der Waals surface area contributed by atoms with Crippen LogP contribution in [0.25, 0.3) is 12.2 Å². The molecule has 0 aliphatic heterocycles. The molecule has 2 atom stereocenters. The van der Waals surface area contributed by atoms with Crippen LogP contribution in [0.4, 0.5) is 15.3 Å². The molecular weight excluding hydrogens is 584 g/mol. The fourth-order valence-electron chi connectivity index (χ4n) is 4.15. The minimum Gasteiger partial charge on any atom is -0.481 e. The van der Waals surface area contributed by atoms with Gasteiger partial charge in [-0.25, -0.2) is 23.7 Å². The highest BCUT2D eigenvalue weighted by molar-refractivity contribution is 5.86. The molecule has 14 heteroatoms. The number of nitrogens with one attached hydrogen (secondary N) is 4. The molecule has 7 N–H and O–H groups in total. The summed E-state index contributed by atoms with van der Waals surface area (Å²) >= 11 is 0. The second-order valence-corrected chi connectivity index (χ2v) is 10.6. The van der Waals surface area contributed by atoms with Gasteiger partial charge in [0.25, 0.3) is 0 Å². The Labute approximate surface area is 262 Å². The summed E-state index contributed by atoms with van der Waals surface area (Å²) in [4.78, 5) is 59.5. The third-order valence-corrected chi connectivity index (χ3v) is 6.73. The van der Waals surface area contributed by atoms with Gasteiger partial charge in [0, 0.05) is 57.8 Å². The Morgan fingerprint density at radius 2 is 1.27 bits per heavy atom. The molecule has 0 saturated heterocycles. The highest BCUT2D eigenvalue weighted by atomic mass is 16.4. The van der Waals surface area contributed by atoms with Crippen LogP contribution in [0.2, 0.25) is 0 Å². The van der Waals surface area contributed by atoms with Gasteiger partial charge >= 0.3 is 30.0 Å². The lowest BCUT2D eigenvalue weighted by Crippen LogP contribution is -2.51. The number of anilines is 1. The Morgan fingerprint density at radius 1 is 0.733 bits per heavy atom. The van der Waals surface area contributed by atoms with E-state index in [1.807, 2.05) is 43.2 Å². The Kier molecular flexibility index (Phi) is 15.4. The van der Waals surface area contributed by atoms with E-state index in [1.54, 1.807) is 0 Å². The van der Waals surface area contributed by atoms with E-state index in [-0.39, 0.29) is 18.9 Å². The number of carboxylic acid groups (broad SMARTS) is 3. The molecule has 0 spiro atoms. The molecule has 2 rings (SSSR count). The Morgan fingerprint density at radius 3 is 1.80 bits per heavy atom. The van der Waals surface area contributed by atoms with E-state index in [0.29, 0.717) is 25.9 Å². The average Bonchev–Trinajstić information content (AvgIpc) is 3.00. The molecule has 1 heterocycles. The molecule has 4 amide bonds. The number of hydrogen-bond acceptors (Lipinski definition) is 6. The van der Waals surface area contributed by atoms with Crippen LogP contribution in [0.1, 0.15) is 49.7 Å². The van der Waals surface area contributed by atoms with Gasteiger partial charge in [-0.15, -0.1) is 0 Å². The number of amides is 4. The van der Waals surface area contributed by atoms with Crippen LogP contribution in [0, 0.1) is 0 Å². The second kappa shape index (κ2) is 19.2. The lowest BCUT2D eigenvalue weighted by molar-refractivity contribution is -0.697. The number of carbonyl (C=O) groups excluding carboxylic acids is 2. The zero-order valence-electron chi connectivity index (χ0n) is 25.6. The van der Waals surface area contributed by atoms with Crippen molar-refractivity contribution in [2.75, 3.05) is 32.1 Å². The first kappa shape index (κ1) is 36.1. The Bertz CT molecular complexity index is 1300. The van der Waals surface area contributed by atoms with Crippen molar-refractivity contribution in [3.63, 3.8) is 0 Å². The number of aromatic nitrogens is 1. The van der Waals surface area contributed by atoms with Gasteiger partial charge in [0.15, 0.2) is 12.4 Å². The van der Waals surface area contributed by atoms with Gasteiger partial charge in [0.05, 0.1) is 0 Å². The normalized spacial score (nSPS) is 12.1. The van der Waals surface area contributed by atoms with E-state index in [9.17, 15) is 29.1 Å². The lowest BCUT2D eigenvalue weighted by Gasteiger charge is -2.18. The smallest absolute Gasteiger partial charge is 0.326 e. The topological polar surface area (TPSA) is 201 Å². The molecule has 1 aromatic carbocycles. The van der Waals surface area contributed by atoms with Gasteiger partial charge in [-0.3, -0.25) is 4.79 Å². The van der Waals surface area contributed by atoms with E-state index in [2.05, 4.69) is 62.6 Å². The number of rotatable bonds is 19. The van der Waals surface area contributed by atoms with Crippen molar-refractivity contribution in [3.8, 4) is 0 Å². The molecule has 0 bridgehead atoms. The third kappa shape index (κ3) is 14.7. The molecule has 1 aromatic heterocycles. The molecule has 0 fully saturated rings. The standard InChI is InChI=1S/C31H42N6O8/c1-36(2)24-11-9-22(10-12-24)7-8-23-15-20-37(21-16-23)19-5-18-33-30(44)32-17-4-3-6-25(28(40)41)34-31(45)35-26(29(42)43)13-14-27(38)39/h7-12,15-16,20-21,25-26H,3-6,13-14,17-19H2,1-2H3,(H6-,32,33,34,35,38,39,40,41,42,43,44,45)/p+1/t25-,26-/m0/s1. The van der Waals surface area contributed by atoms with Gasteiger partial charge in [-0.05, 0) is 48.9 Å². The van der Waals surface area contributed by atoms with Crippen molar-refractivity contribution in [2.45, 2.75) is 57.2 Å². The summed E-state index contributed by atoms with van der Waals surface area (Å²) < 4.78 is 2.04. The first-order valence-corrected chi connectivity index (χ1v) is 14.7. The lowest BCUT2D eigenvalue weighted by atomic mass is 10.1. The van der Waals surface area contributed by atoms with Gasteiger partial charge in [-0.1, -0.05) is 24.3 Å². The molecule has 0 aliphatic carbocycles. The minimum absolute atomic E-state index is 0.0502. The van der Waals surface area contributed by atoms with Crippen molar-refractivity contribution in [3.05, 3.63) is 59.9 Å². The number of aryl methyl sites for hydroxylation is 1. The van der Waals surface area contributed by atoms with Crippen LogP contribution < -0.4 is 30.7 Å². The summed E-state index contributed by atoms with van der Waals surface area (Å²) in [5, 5.41) is 36.9. The molecule has 0 aliphatic rings. The Balaban J connectivity index is 1.61. The fourth-order valence-corrected chi connectivity index (χ4v) is 4.15. The number of nitrogens with zero attached hydrogens (tertiary/aromatic N) is 2. The van der Waals surface area contributed by atoms with Gasteiger partial charge in [0.1, 0.15) is 18.6 Å². The molecule has 0 unspecified atom stereocenters. The number of carboxylic acids is 3. The molecule has 2 aromatic rings. The van der Waals surface area contributed by atoms with Crippen LogP contribution in [-0.2, 0) is 20.9 Å². The average molecular weight is 628 g/mol. The SMILES string of the molecule is CN(C)c1ccc(/C=C/c2cc[n+](CCCNC(=O)NCCCC[C@H](NC(=O)N[C@@H](CCC(=O)O)C(=O)O)C(=O)O)cc2)cc1. The van der Waals surface area contributed by atoms with Crippen molar-refractivity contribution >= 4 is 47.8 Å². The van der Waals surface area contributed by atoms with Crippen LogP contribution in [0.3, 0.4) is 0 Å². The fraction of sp³-hybridized carbons (Fsp3) is 0.419. The van der Waals surface area contributed by atoms with Crippen molar-refractivity contribution in [1.29, 1.82) is 0 Å². The van der Waals surface area contributed by atoms with Crippen LogP contribution in [0.15, 0.2) is 48.8 Å². The number of unbranched alkanes of at least 4 members (excludes halogenated alkanes) is 1. The molecule has 45 heavy (non-hydrogen) atoms. The van der Waals surface area contributed by atoms with Crippen LogP contribution >= 0.6 is 0 Å². The quantitative estimate of drug-likeness (QED) is 0.0900. The number of benzene rings is 1. The highest BCUT2D eigenvalue weighted by Crippen LogP contribution is 2.14. The summed E-state index contributed by atoms with van der Waals surface area (Å²) in [6.07, 6.45) is 8.87. The van der Waals surface area contributed by atoms with Crippen molar-refractivity contribution in [1.82, 2.24) is 21.3 Å². The van der Waals surface area contributed by atoms with E-state index in [4.69, 9.17) is 10.2 Å². The van der Waals surface area contributed by atoms with Crippen LogP contribution in [0.5, 0.6) is 0 Å². The van der Waals surface area contributed by atoms with Gasteiger partial charge in [0.2, 0.25) is 0 Å². The number of urea groups is 2. The van der Waals surface area contributed by atoms with E-state index in [1.165, 1.54) is 0 Å². The number of carbonyl (C=O) groups is 5. The number of pyridine rings is 1. The summed E-state index contributed by atoms with van der Waals surface area (Å²) in [7, 11) is 4.01. The monoisotopic (exact) mass is 627 g/mol. The maximum atomic E-state index is 12.1. The van der Waals surface area contributed by atoms with E-state index in [0.717, 1.165) is 29.8 Å². The molecular formula is C31H43N6O8+. The number of hydrogen-bond donors (Lipinski definition) is 7. The zero-order chi connectivity index (χ0) is 33.2. The molecule has 0 saturated carbocycles. The molecule has 244 valence electrons.